The Morgan fingerprint density at radius 1 is 1.11 bits per heavy atom. The number of nitrogens with one attached hydrogen (secondary N) is 1. The third-order valence-corrected chi connectivity index (χ3v) is 11.7. The Morgan fingerprint density at radius 3 is 2.54 bits per heavy atom. The lowest BCUT2D eigenvalue weighted by Crippen LogP contribution is -2.58. The third kappa shape index (κ3) is 4.15. The normalized spacial score (nSPS) is 45.7. The van der Waals surface area contributed by atoms with Crippen molar-refractivity contribution < 1.29 is 9.53 Å². The van der Waals surface area contributed by atoms with E-state index in [-0.39, 0.29) is 23.5 Å². The quantitative estimate of drug-likeness (QED) is 0.372. The molecule has 4 nitrogen and oxygen atoms in total. The number of carbonyl (C=O) groups excluding carboxylic acids is 1. The highest BCUT2D eigenvalue weighted by molar-refractivity contribution is 5.66. The van der Waals surface area contributed by atoms with Crippen molar-refractivity contribution >= 4 is 5.97 Å². The largest absolute Gasteiger partial charge is 0.461 e. The van der Waals surface area contributed by atoms with Crippen LogP contribution in [0.25, 0.3) is 0 Å². The first-order valence-corrected chi connectivity index (χ1v) is 14.6. The van der Waals surface area contributed by atoms with Crippen molar-refractivity contribution in [3.63, 3.8) is 0 Å². The molecule has 1 heterocycles. The molecule has 0 radical (unpaired) electrons. The topological polar surface area (TPSA) is 64.3 Å². The summed E-state index contributed by atoms with van der Waals surface area (Å²) in [5.74, 6) is 3.11. The van der Waals surface area contributed by atoms with Crippen LogP contribution in [0.15, 0.2) is 22.8 Å². The van der Waals surface area contributed by atoms with Crippen LogP contribution in [-0.2, 0) is 9.53 Å². The number of esters is 1. The van der Waals surface area contributed by atoms with Crippen molar-refractivity contribution in [1.29, 1.82) is 0 Å². The Kier molecular flexibility index (Phi) is 6.79. The van der Waals surface area contributed by atoms with Gasteiger partial charge in [0.2, 0.25) is 0 Å². The molecule has 4 fully saturated rings. The molecule has 1 aliphatic heterocycles. The van der Waals surface area contributed by atoms with E-state index in [1.165, 1.54) is 57.4 Å². The van der Waals surface area contributed by atoms with Gasteiger partial charge in [-0.2, -0.15) is 0 Å². The van der Waals surface area contributed by atoms with Crippen molar-refractivity contribution in [2.24, 2.45) is 46.2 Å². The second kappa shape index (κ2) is 9.31. The van der Waals surface area contributed by atoms with E-state index >= 15 is 0 Å². The van der Waals surface area contributed by atoms with Gasteiger partial charge in [-0.1, -0.05) is 43.6 Å². The Hall–Kier alpha value is -1.13. The maximum Gasteiger partial charge on any atom is 0.302 e. The number of rotatable bonds is 4. The zero-order chi connectivity index (χ0) is 25.1. The van der Waals surface area contributed by atoms with Gasteiger partial charge < -0.3 is 15.8 Å². The molecule has 4 aliphatic carbocycles. The summed E-state index contributed by atoms with van der Waals surface area (Å²) in [5.41, 5.74) is 12.1. The zero-order valence-electron chi connectivity index (χ0n) is 23.2. The molecular formula is C31H50N2O2. The molecule has 0 aromatic carbocycles. The van der Waals surface area contributed by atoms with E-state index in [0.29, 0.717) is 23.3 Å². The summed E-state index contributed by atoms with van der Waals surface area (Å²) in [5, 5.41) is 3.81. The van der Waals surface area contributed by atoms with E-state index in [4.69, 9.17) is 10.5 Å². The standard InChI is InChI=1S/C31H50N2O2/c1-18(2)21-13-16-33-28(21)17-19(3)23-9-10-24-22-7-8-26-29(35-20(4)34)27(32)12-15-31(26,6)25(22)11-14-30(23,24)5/h7,19,23-29,33H,8-17,32H2,1-6H3/t19-,23-,24+,25+,26+,27-,28?,29-,30-,31-/m1/s1. The number of ether oxygens (including phenoxy) is 1. The summed E-state index contributed by atoms with van der Waals surface area (Å²) in [4.78, 5) is 11.9. The monoisotopic (exact) mass is 482 g/mol. The van der Waals surface area contributed by atoms with Gasteiger partial charge in [0.15, 0.2) is 0 Å². The summed E-state index contributed by atoms with van der Waals surface area (Å²) in [6.45, 7) is 15.0. The Bertz CT molecular complexity index is 904. The van der Waals surface area contributed by atoms with Crippen LogP contribution in [0.1, 0.15) is 99.3 Å². The van der Waals surface area contributed by atoms with Gasteiger partial charge in [0.25, 0.3) is 0 Å². The van der Waals surface area contributed by atoms with Crippen LogP contribution in [0.3, 0.4) is 0 Å². The van der Waals surface area contributed by atoms with Gasteiger partial charge in [0.1, 0.15) is 6.10 Å². The highest BCUT2D eigenvalue weighted by Gasteiger charge is 2.60. The van der Waals surface area contributed by atoms with Crippen molar-refractivity contribution in [3.8, 4) is 0 Å². The first-order chi connectivity index (χ1) is 16.6. The fraction of sp³-hybridized carbons (Fsp3) is 0.839. The van der Waals surface area contributed by atoms with Crippen LogP contribution in [0, 0.1) is 40.4 Å². The molecule has 196 valence electrons. The predicted octanol–water partition coefficient (Wildman–Crippen LogP) is 6.16. The SMILES string of the molecule is CC(=O)O[C@H]1[C@H](N)CC[C@]2(C)[C@H]3CC[C@]4(C)[C@@H]([C@H](C)CC5NCCC5=C(C)C)CC[C@H]4C3=CC[C@@H]12. The highest BCUT2D eigenvalue weighted by atomic mass is 16.5. The summed E-state index contributed by atoms with van der Waals surface area (Å²) >= 11 is 0. The van der Waals surface area contributed by atoms with Crippen LogP contribution in [-0.4, -0.2) is 30.7 Å². The molecule has 5 aliphatic rings. The second-order valence-corrected chi connectivity index (χ2v) is 13.7. The van der Waals surface area contributed by atoms with Crippen LogP contribution in [0.5, 0.6) is 0 Å². The third-order valence-electron chi connectivity index (χ3n) is 11.7. The van der Waals surface area contributed by atoms with E-state index in [9.17, 15) is 4.79 Å². The smallest absolute Gasteiger partial charge is 0.302 e. The number of allylic oxidation sites excluding steroid dienone is 3. The summed E-state index contributed by atoms with van der Waals surface area (Å²) < 4.78 is 5.86. The lowest BCUT2D eigenvalue weighted by atomic mass is 9.47. The molecule has 35 heavy (non-hydrogen) atoms. The van der Waals surface area contributed by atoms with Gasteiger partial charge in [0, 0.05) is 24.9 Å². The van der Waals surface area contributed by atoms with E-state index in [0.717, 1.165) is 37.1 Å². The van der Waals surface area contributed by atoms with Gasteiger partial charge in [0.05, 0.1) is 0 Å². The fourth-order valence-electron chi connectivity index (χ4n) is 9.97. The molecular weight excluding hydrogens is 432 g/mol. The molecule has 0 bridgehead atoms. The van der Waals surface area contributed by atoms with Crippen LogP contribution < -0.4 is 11.1 Å². The van der Waals surface area contributed by atoms with Gasteiger partial charge in [-0.3, -0.25) is 4.79 Å². The number of carbonyl (C=O) groups is 1. The number of nitrogens with two attached hydrogens (primary N) is 1. The van der Waals surface area contributed by atoms with Crippen molar-refractivity contribution in [3.05, 3.63) is 22.8 Å². The molecule has 0 aromatic rings. The van der Waals surface area contributed by atoms with Gasteiger partial charge >= 0.3 is 5.97 Å². The van der Waals surface area contributed by atoms with Crippen molar-refractivity contribution in [2.45, 2.75) is 118 Å². The summed E-state index contributed by atoms with van der Waals surface area (Å²) in [7, 11) is 0. The molecule has 0 spiro atoms. The lowest BCUT2D eigenvalue weighted by molar-refractivity contribution is -0.161. The summed E-state index contributed by atoms with van der Waals surface area (Å²) in [6, 6.07) is 0.569. The maximum atomic E-state index is 11.9. The van der Waals surface area contributed by atoms with E-state index < -0.39 is 0 Å². The fourth-order valence-corrected chi connectivity index (χ4v) is 9.97. The molecule has 3 N–H and O–H groups in total. The molecule has 10 atom stereocenters. The molecule has 5 rings (SSSR count). The van der Waals surface area contributed by atoms with Crippen molar-refractivity contribution in [1.82, 2.24) is 5.32 Å². The van der Waals surface area contributed by atoms with Gasteiger partial charge in [-0.25, -0.2) is 0 Å². The molecule has 3 saturated carbocycles. The van der Waals surface area contributed by atoms with Crippen LogP contribution in [0.4, 0.5) is 0 Å². The molecule has 0 aromatic heterocycles. The minimum absolute atomic E-state index is 0.0209. The Morgan fingerprint density at radius 2 is 1.83 bits per heavy atom. The number of fused-ring (bicyclic) bond motifs is 5. The van der Waals surface area contributed by atoms with Crippen LogP contribution >= 0.6 is 0 Å². The first kappa shape index (κ1) is 25.5. The maximum absolute atomic E-state index is 11.9. The summed E-state index contributed by atoms with van der Waals surface area (Å²) in [6.07, 6.45) is 13.5. The minimum Gasteiger partial charge on any atom is -0.461 e. The predicted molar refractivity (Wildman–Crippen MR) is 143 cm³/mol. The van der Waals surface area contributed by atoms with Crippen molar-refractivity contribution in [2.75, 3.05) is 6.54 Å². The van der Waals surface area contributed by atoms with E-state index in [1.54, 1.807) is 11.1 Å². The number of hydrogen-bond donors (Lipinski definition) is 2. The second-order valence-electron chi connectivity index (χ2n) is 13.7. The molecule has 4 heteroatoms. The molecule has 1 unspecified atom stereocenters. The van der Waals surface area contributed by atoms with Crippen LogP contribution in [0.2, 0.25) is 0 Å². The number of hydrogen-bond acceptors (Lipinski definition) is 4. The van der Waals surface area contributed by atoms with E-state index in [1.807, 2.05) is 0 Å². The Balaban J connectivity index is 1.36. The zero-order valence-corrected chi connectivity index (χ0v) is 23.2. The van der Waals surface area contributed by atoms with E-state index in [2.05, 4.69) is 46.0 Å². The lowest BCUT2D eigenvalue weighted by Gasteiger charge is -2.59. The van der Waals surface area contributed by atoms with Gasteiger partial charge in [-0.15, -0.1) is 0 Å². The minimum atomic E-state index is -0.179. The average molecular weight is 483 g/mol. The molecule has 1 saturated heterocycles. The Labute approximate surface area is 213 Å². The highest BCUT2D eigenvalue weighted by Crippen LogP contribution is 2.67. The molecule has 0 amide bonds. The first-order valence-electron chi connectivity index (χ1n) is 14.6. The average Bonchev–Trinajstić information content (AvgIpc) is 3.39. The van der Waals surface area contributed by atoms with Gasteiger partial charge in [-0.05, 0) is 113 Å².